The van der Waals surface area contributed by atoms with Gasteiger partial charge in [-0.15, -0.1) is 0 Å². The van der Waals surface area contributed by atoms with E-state index in [1.54, 1.807) is 48.7 Å². The number of alkyl halides is 3. The van der Waals surface area contributed by atoms with Gasteiger partial charge in [0.15, 0.2) is 5.65 Å². The maximum Gasteiger partial charge on any atom is 0.416 e. The minimum Gasteiger partial charge on any atom is -0.344 e. The Hall–Kier alpha value is -3.95. The van der Waals surface area contributed by atoms with Gasteiger partial charge in [0.2, 0.25) is 0 Å². The number of rotatable bonds is 4. The number of hydrogen-bond donors (Lipinski definition) is 2. The molecule has 1 atom stereocenters. The monoisotopic (exact) mass is 437 g/mol. The molecule has 0 spiro atoms. The molecule has 10 heteroatoms. The molecule has 0 aliphatic heterocycles. The van der Waals surface area contributed by atoms with Gasteiger partial charge in [-0.25, -0.2) is 9.97 Å². The van der Waals surface area contributed by atoms with Gasteiger partial charge in [-0.2, -0.15) is 23.4 Å². The predicted octanol–water partition coefficient (Wildman–Crippen LogP) is 5.15. The Morgan fingerprint density at radius 2 is 1.94 bits per heavy atom. The van der Waals surface area contributed by atoms with Crippen LogP contribution in [0.25, 0.3) is 33.5 Å². The zero-order valence-corrected chi connectivity index (χ0v) is 17.1. The number of halogens is 3. The fourth-order valence-corrected chi connectivity index (χ4v) is 3.67. The molecule has 0 aliphatic rings. The van der Waals surface area contributed by atoms with Crippen LogP contribution in [0.2, 0.25) is 0 Å². The minimum atomic E-state index is -4.39. The molecule has 0 saturated heterocycles. The summed E-state index contributed by atoms with van der Waals surface area (Å²) in [6, 6.07) is 4.91. The van der Waals surface area contributed by atoms with E-state index in [2.05, 4.69) is 25.3 Å². The molecule has 0 amide bonds. The maximum absolute atomic E-state index is 13.1. The Morgan fingerprint density at radius 1 is 1.09 bits per heavy atom. The summed E-state index contributed by atoms with van der Waals surface area (Å²) in [7, 11) is 0. The number of fused-ring (bicyclic) bond motifs is 1. The number of nitrogens with one attached hydrogen (secondary N) is 2. The van der Waals surface area contributed by atoms with Gasteiger partial charge in [-0.05, 0) is 31.5 Å². The zero-order valence-electron chi connectivity index (χ0n) is 17.1. The maximum atomic E-state index is 13.1. The third-order valence-electron chi connectivity index (χ3n) is 5.49. The van der Waals surface area contributed by atoms with Gasteiger partial charge in [0.05, 0.1) is 35.9 Å². The van der Waals surface area contributed by atoms with Crippen LogP contribution >= 0.6 is 0 Å². The predicted molar refractivity (Wildman–Crippen MR) is 113 cm³/mol. The van der Waals surface area contributed by atoms with E-state index in [4.69, 9.17) is 4.98 Å². The summed E-state index contributed by atoms with van der Waals surface area (Å²) in [6.45, 7) is 3.71. The number of aromatic amines is 2. The Morgan fingerprint density at radius 3 is 2.69 bits per heavy atom. The van der Waals surface area contributed by atoms with Gasteiger partial charge in [0, 0.05) is 34.8 Å². The van der Waals surface area contributed by atoms with E-state index in [0.717, 1.165) is 34.5 Å². The van der Waals surface area contributed by atoms with Crippen LogP contribution < -0.4 is 0 Å². The molecule has 5 aromatic rings. The number of nitrogens with zero attached hydrogens (tertiary/aromatic N) is 5. The lowest BCUT2D eigenvalue weighted by atomic mass is 10.0. The highest BCUT2D eigenvalue weighted by Gasteiger charge is 2.30. The summed E-state index contributed by atoms with van der Waals surface area (Å²) in [4.78, 5) is 12.3. The van der Waals surface area contributed by atoms with Gasteiger partial charge < -0.3 is 4.98 Å². The van der Waals surface area contributed by atoms with Gasteiger partial charge in [-0.1, -0.05) is 12.1 Å². The summed E-state index contributed by atoms with van der Waals surface area (Å²) in [5, 5.41) is 11.3. The van der Waals surface area contributed by atoms with Crippen LogP contribution in [0.15, 0.2) is 55.2 Å². The molecule has 162 valence electrons. The van der Waals surface area contributed by atoms with E-state index in [1.807, 2.05) is 6.92 Å². The van der Waals surface area contributed by atoms with Crippen LogP contribution in [-0.4, -0.2) is 34.9 Å². The van der Waals surface area contributed by atoms with Gasteiger partial charge in [0.1, 0.15) is 5.52 Å². The SMILES string of the molecule is Cc1[nH]ncc1-c1cnc2[nH]cc(-c3cnn(C(C)c4cccc(C(F)(F)F)c4)c3)c2n1. The number of H-pyrrole nitrogens is 2. The van der Waals surface area contributed by atoms with E-state index in [0.29, 0.717) is 22.4 Å². The number of benzene rings is 1. The molecule has 4 aromatic heterocycles. The second-order valence-corrected chi connectivity index (χ2v) is 7.57. The molecule has 5 rings (SSSR count). The normalized spacial score (nSPS) is 13.0. The van der Waals surface area contributed by atoms with Crippen molar-refractivity contribution in [2.24, 2.45) is 0 Å². The Kier molecular flexibility index (Phi) is 4.58. The van der Waals surface area contributed by atoms with E-state index < -0.39 is 11.7 Å². The number of aromatic nitrogens is 7. The van der Waals surface area contributed by atoms with Gasteiger partial charge in [0.25, 0.3) is 0 Å². The lowest BCUT2D eigenvalue weighted by molar-refractivity contribution is -0.137. The quantitative estimate of drug-likeness (QED) is 0.407. The summed E-state index contributed by atoms with van der Waals surface area (Å²) in [5.41, 5.74) is 5.17. The van der Waals surface area contributed by atoms with Crippen molar-refractivity contribution in [3.8, 4) is 22.4 Å². The molecule has 0 bridgehead atoms. The molecule has 0 fully saturated rings. The Balaban J connectivity index is 1.50. The highest BCUT2D eigenvalue weighted by molar-refractivity contribution is 5.91. The number of aryl methyl sites for hydroxylation is 1. The second kappa shape index (κ2) is 7.33. The highest BCUT2D eigenvalue weighted by atomic mass is 19.4. The Bertz CT molecular complexity index is 1410. The lowest BCUT2D eigenvalue weighted by Crippen LogP contribution is -2.10. The fraction of sp³-hybridized carbons (Fsp3) is 0.182. The van der Waals surface area contributed by atoms with Crippen molar-refractivity contribution in [2.45, 2.75) is 26.1 Å². The van der Waals surface area contributed by atoms with Crippen LogP contribution in [0.3, 0.4) is 0 Å². The summed E-state index contributed by atoms with van der Waals surface area (Å²) >= 11 is 0. The smallest absolute Gasteiger partial charge is 0.344 e. The third-order valence-corrected chi connectivity index (χ3v) is 5.49. The van der Waals surface area contributed by atoms with Gasteiger partial charge in [-0.3, -0.25) is 9.78 Å². The van der Waals surface area contributed by atoms with Crippen molar-refractivity contribution >= 4 is 11.2 Å². The third kappa shape index (κ3) is 3.43. The standard InChI is InChI=1S/C22H18F3N7/c1-12-17(9-28-31-12)19-10-27-21-20(30-19)18(8-26-21)15-7-29-32(11-15)13(2)14-4-3-5-16(6-14)22(23,24)25/h3-11,13H,1-2H3,(H,26,27)(H,28,31). The number of hydrogen-bond acceptors (Lipinski definition) is 4. The molecule has 32 heavy (non-hydrogen) atoms. The van der Waals surface area contributed by atoms with Crippen molar-refractivity contribution in [1.29, 1.82) is 0 Å². The Labute approximate surface area is 180 Å². The highest BCUT2D eigenvalue weighted by Crippen LogP contribution is 2.33. The van der Waals surface area contributed by atoms with Crippen LogP contribution in [0.5, 0.6) is 0 Å². The van der Waals surface area contributed by atoms with Gasteiger partial charge >= 0.3 is 6.18 Å². The molecule has 1 aromatic carbocycles. The van der Waals surface area contributed by atoms with Crippen molar-refractivity contribution in [3.05, 3.63) is 72.1 Å². The molecule has 0 radical (unpaired) electrons. The van der Waals surface area contributed by atoms with Crippen molar-refractivity contribution in [2.75, 3.05) is 0 Å². The molecule has 1 unspecified atom stereocenters. The summed E-state index contributed by atoms with van der Waals surface area (Å²) in [6.07, 6.45) is 4.26. The van der Waals surface area contributed by atoms with E-state index in [1.165, 1.54) is 6.07 Å². The van der Waals surface area contributed by atoms with E-state index in [-0.39, 0.29) is 6.04 Å². The minimum absolute atomic E-state index is 0.383. The second-order valence-electron chi connectivity index (χ2n) is 7.57. The molecular weight excluding hydrogens is 419 g/mol. The first-order valence-electron chi connectivity index (χ1n) is 9.87. The lowest BCUT2D eigenvalue weighted by Gasteiger charge is -2.15. The molecule has 0 aliphatic carbocycles. The topological polar surface area (TPSA) is 88.1 Å². The average molecular weight is 437 g/mol. The molecular formula is C22H18F3N7. The first kappa shape index (κ1) is 20.0. The van der Waals surface area contributed by atoms with Crippen LogP contribution in [-0.2, 0) is 6.18 Å². The first-order chi connectivity index (χ1) is 15.3. The van der Waals surface area contributed by atoms with E-state index in [9.17, 15) is 13.2 Å². The summed E-state index contributed by atoms with van der Waals surface area (Å²) in [5.74, 6) is 0. The van der Waals surface area contributed by atoms with Crippen molar-refractivity contribution in [1.82, 2.24) is 34.9 Å². The molecule has 4 heterocycles. The van der Waals surface area contributed by atoms with Crippen molar-refractivity contribution < 1.29 is 13.2 Å². The van der Waals surface area contributed by atoms with E-state index >= 15 is 0 Å². The first-order valence-corrected chi connectivity index (χ1v) is 9.87. The fourth-order valence-electron chi connectivity index (χ4n) is 3.67. The zero-order chi connectivity index (χ0) is 22.5. The van der Waals surface area contributed by atoms with Crippen molar-refractivity contribution in [3.63, 3.8) is 0 Å². The summed E-state index contributed by atoms with van der Waals surface area (Å²) < 4.78 is 40.9. The largest absolute Gasteiger partial charge is 0.416 e. The average Bonchev–Trinajstić information content (AvgIpc) is 3.51. The molecule has 2 N–H and O–H groups in total. The van der Waals surface area contributed by atoms with Crippen LogP contribution in [0.4, 0.5) is 13.2 Å². The molecule has 7 nitrogen and oxygen atoms in total. The van der Waals surface area contributed by atoms with Crippen LogP contribution in [0, 0.1) is 6.92 Å². The molecule has 0 saturated carbocycles. The van der Waals surface area contributed by atoms with Crippen LogP contribution in [0.1, 0.15) is 29.8 Å².